The molecule has 30 heavy (non-hydrogen) atoms. The maximum atomic E-state index is 13.2. The molecule has 2 fully saturated rings. The fourth-order valence-electron chi connectivity index (χ4n) is 4.93. The van der Waals surface area contributed by atoms with Crippen LogP contribution in [0.15, 0.2) is 36.9 Å². The molecule has 0 aliphatic carbocycles. The number of imidazole rings is 1. The minimum atomic E-state index is -0.618. The zero-order valence-electron chi connectivity index (χ0n) is 17.1. The number of hydrogen-bond acceptors (Lipinski definition) is 5. The van der Waals surface area contributed by atoms with Gasteiger partial charge in [0, 0.05) is 69.4 Å². The van der Waals surface area contributed by atoms with E-state index in [0.717, 1.165) is 31.8 Å². The van der Waals surface area contributed by atoms with Crippen LogP contribution in [0.3, 0.4) is 0 Å². The van der Waals surface area contributed by atoms with E-state index >= 15 is 0 Å². The van der Waals surface area contributed by atoms with E-state index in [4.69, 9.17) is 4.74 Å². The monoisotopic (exact) mass is 409 g/mol. The highest BCUT2D eigenvalue weighted by atomic mass is 16.5. The third kappa shape index (κ3) is 3.39. The van der Waals surface area contributed by atoms with Crippen molar-refractivity contribution in [2.24, 2.45) is 0 Å². The normalized spacial score (nSPS) is 23.3. The van der Waals surface area contributed by atoms with Crippen LogP contribution >= 0.6 is 0 Å². The second-order valence-electron chi connectivity index (χ2n) is 8.42. The van der Waals surface area contributed by atoms with E-state index in [-0.39, 0.29) is 11.8 Å². The van der Waals surface area contributed by atoms with Gasteiger partial charge in [0.05, 0.1) is 6.54 Å². The first-order chi connectivity index (χ1) is 14.7. The number of aromatic nitrogens is 3. The van der Waals surface area contributed by atoms with Gasteiger partial charge >= 0.3 is 0 Å². The van der Waals surface area contributed by atoms with Crippen LogP contribution in [-0.4, -0.2) is 68.4 Å². The van der Waals surface area contributed by atoms with E-state index in [1.54, 1.807) is 30.7 Å². The van der Waals surface area contributed by atoms with Crippen LogP contribution < -0.4 is 0 Å². The van der Waals surface area contributed by atoms with Crippen LogP contribution in [-0.2, 0) is 21.7 Å². The Morgan fingerprint density at radius 2 is 1.70 bits per heavy atom. The Bertz CT molecular complexity index is 914. The third-order valence-corrected chi connectivity index (χ3v) is 6.58. The van der Waals surface area contributed by atoms with Crippen molar-refractivity contribution in [3.8, 4) is 0 Å². The van der Waals surface area contributed by atoms with Crippen molar-refractivity contribution < 1.29 is 14.3 Å². The van der Waals surface area contributed by atoms with Gasteiger partial charge in [-0.3, -0.25) is 14.6 Å². The highest BCUT2D eigenvalue weighted by Gasteiger charge is 2.48. The molecule has 8 heteroatoms. The number of hydrogen-bond donors (Lipinski definition) is 0. The summed E-state index contributed by atoms with van der Waals surface area (Å²) in [6, 6.07) is 3.48. The van der Waals surface area contributed by atoms with Crippen molar-refractivity contribution >= 4 is 11.8 Å². The van der Waals surface area contributed by atoms with Crippen molar-refractivity contribution in [3.63, 3.8) is 0 Å². The van der Waals surface area contributed by atoms with Crippen LogP contribution in [0.4, 0.5) is 0 Å². The Morgan fingerprint density at radius 3 is 2.43 bits per heavy atom. The van der Waals surface area contributed by atoms with Gasteiger partial charge in [-0.05, 0) is 31.4 Å². The lowest BCUT2D eigenvalue weighted by molar-refractivity contribution is -0.180. The summed E-state index contributed by atoms with van der Waals surface area (Å²) < 4.78 is 8.59. The van der Waals surface area contributed by atoms with Gasteiger partial charge in [-0.1, -0.05) is 0 Å². The van der Waals surface area contributed by atoms with Gasteiger partial charge in [-0.25, -0.2) is 4.98 Å². The van der Waals surface area contributed by atoms with Crippen molar-refractivity contribution in [2.45, 2.75) is 50.4 Å². The summed E-state index contributed by atoms with van der Waals surface area (Å²) in [5.41, 5.74) is 0.0255. The molecule has 5 rings (SSSR count). The molecule has 2 aromatic heterocycles. The number of amides is 2. The molecule has 3 aliphatic rings. The minimum absolute atomic E-state index is 0.00680. The van der Waals surface area contributed by atoms with Crippen LogP contribution in [0.25, 0.3) is 0 Å². The van der Waals surface area contributed by atoms with Crippen molar-refractivity contribution in [1.29, 1.82) is 0 Å². The van der Waals surface area contributed by atoms with E-state index in [0.29, 0.717) is 38.0 Å². The van der Waals surface area contributed by atoms with Crippen LogP contribution in [0.1, 0.15) is 48.3 Å². The van der Waals surface area contributed by atoms with E-state index in [2.05, 4.69) is 14.5 Å². The van der Waals surface area contributed by atoms with Gasteiger partial charge in [0.15, 0.2) is 6.10 Å². The average molecular weight is 409 g/mol. The zero-order valence-corrected chi connectivity index (χ0v) is 17.1. The quantitative estimate of drug-likeness (QED) is 0.756. The topological polar surface area (TPSA) is 80.6 Å². The molecule has 2 amide bonds. The van der Waals surface area contributed by atoms with Gasteiger partial charge in [-0.2, -0.15) is 0 Å². The summed E-state index contributed by atoms with van der Waals surface area (Å²) in [6.45, 7) is 3.27. The molecule has 3 aliphatic heterocycles. The molecule has 0 aromatic carbocycles. The van der Waals surface area contributed by atoms with Gasteiger partial charge in [-0.15, -0.1) is 0 Å². The first kappa shape index (κ1) is 19.2. The second kappa shape index (κ2) is 7.83. The number of nitrogens with zero attached hydrogens (tertiary/aromatic N) is 5. The SMILES string of the molecule is O=C(c1ccncc1)N1CCC2(CC1)O[C@@H](C(=O)N1CCCCC1)Cn1ccnc12. The van der Waals surface area contributed by atoms with E-state index in [9.17, 15) is 9.59 Å². The molecule has 0 N–H and O–H groups in total. The lowest BCUT2D eigenvalue weighted by Crippen LogP contribution is -2.55. The Labute approximate surface area is 175 Å². The second-order valence-corrected chi connectivity index (χ2v) is 8.42. The minimum Gasteiger partial charge on any atom is -0.352 e. The summed E-state index contributed by atoms with van der Waals surface area (Å²) >= 11 is 0. The number of piperidine rings is 2. The van der Waals surface area contributed by atoms with Crippen LogP contribution in [0.5, 0.6) is 0 Å². The molecule has 158 valence electrons. The zero-order chi connectivity index (χ0) is 20.6. The van der Waals surface area contributed by atoms with Crippen molar-refractivity contribution in [1.82, 2.24) is 24.3 Å². The summed E-state index contributed by atoms with van der Waals surface area (Å²) in [4.78, 5) is 38.3. The molecule has 0 bridgehead atoms. The molecule has 2 saturated heterocycles. The fourth-order valence-corrected chi connectivity index (χ4v) is 4.93. The molecular weight excluding hydrogens is 382 g/mol. The summed E-state index contributed by atoms with van der Waals surface area (Å²) in [7, 11) is 0. The van der Waals surface area contributed by atoms with E-state index in [1.165, 1.54) is 6.42 Å². The molecule has 0 unspecified atom stereocenters. The molecule has 0 saturated carbocycles. The Hall–Kier alpha value is -2.74. The summed E-state index contributed by atoms with van der Waals surface area (Å²) in [6.07, 6.45) is 11.1. The number of carbonyl (C=O) groups is 2. The lowest BCUT2D eigenvalue weighted by atomic mass is 9.88. The molecule has 0 radical (unpaired) electrons. The number of pyridine rings is 1. The Morgan fingerprint density at radius 1 is 0.967 bits per heavy atom. The number of likely N-dealkylation sites (tertiary alicyclic amines) is 2. The summed E-state index contributed by atoms with van der Waals surface area (Å²) in [5, 5.41) is 0. The number of ether oxygens (including phenoxy) is 1. The molecule has 8 nitrogen and oxygen atoms in total. The number of fused-ring (bicyclic) bond motifs is 2. The van der Waals surface area contributed by atoms with Crippen molar-refractivity contribution in [2.75, 3.05) is 26.2 Å². The average Bonchev–Trinajstić information content (AvgIpc) is 3.30. The van der Waals surface area contributed by atoms with Gasteiger partial charge < -0.3 is 19.1 Å². The van der Waals surface area contributed by atoms with Gasteiger partial charge in [0.25, 0.3) is 11.8 Å². The maximum absolute atomic E-state index is 13.2. The first-order valence-corrected chi connectivity index (χ1v) is 10.8. The lowest BCUT2D eigenvalue weighted by Gasteiger charge is -2.46. The molecule has 2 aromatic rings. The highest BCUT2D eigenvalue weighted by Crippen LogP contribution is 2.40. The predicted molar refractivity (Wildman–Crippen MR) is 109 cm³/mol. The Balaban J connectivity index is 1.33. The number of carbonyl (C=O) groups excluding carboxylic acids is 2. The van der Waals surface area contributed by atoms with Crippen LogP contribution in [0, 0.1) is 0 Å². The summed E-state index contributed by atoms with van der Waals surface area (Å²) in [5.74, 6) is 0.970. The van der Waals surface area contributed by atoms with Crippen LogP contribution in [0.2, 0.25) is 0 Å². The third-order valence-electron chi connectivity index (χ3n) is 6.58. The molecule has 1 spiro atoms. The smallest absolute Gasteiger partial charge is 0.253 e. The maximum Gasteiger partial charge on any atom is 0.253 e. The van der Waals surface area contributed by atoms with Gasteiger partial charge in [0.1, 0.15) is 11.4 Å². The van der Waals surface area contributed by atoms with E-state index in [1.807, 2.05) is 16.0 Å². The van der Waals surface area contributed by atoms with E-state index < -0.39 is 11.7 Å². The number of rotatable bonds is 2. The molecular formula is C22H27N5O3. The Kier molecular flexibility index (Phi) is 5.02. The standard InChI is InChI=1S/C22H27N5O3/c28-19(17-4-8-23-9-5-17)26-13-6-22(7-14-26)21-24-10-15-27(21)16-18(30-22)20(29)25-11-2-1-3-12-25/h4-5,8-10,15,18H,1-3,6-7,11-14,16H2/t18-/m1/s1. The highest BCUT2D eigenvalue weighted by molar-refractivity contribution is 5.94. The molecule has 1 atom stereocenters. The first-order valence-electron chi connectivity index (χ1n) is 10.8. The van der Waals surface area contributed by atoms with Crippen molar-refractivity contribution in [3.05, 3.63) is 48.3 Å². The largest absolute Gasteiger partial charge is 0.352 e. The fraction of sp³-hybridized carbons (Fsp3) is 0.545. The molecule has 5 heterocycles. The van der Waals surface area contributed by atoms with Gasteiger partial charge in [0.2, 0.25) is 0 Å². The predicted octanol–water partition coefficient (Wildman–Crippen LogP) is 1.82.